The molecular weight excluding hydrogens is 233 g/mol. The van der Waals surface area contributed by atoms with Crippen LogP contribution in [0, 0.1) is 17.6 Å². The molecule has 1 unspecified atom stereocenters. The van der Waals surface area contributed by atoms with Crippen LogP contribution >= 0.6 is 7.60 Å². The highest BCUT2D eigenvalue weighted by molar-refractivity contribution is 7.62. The lowest BCUT2D eigenvalue weighted by Gasteiger charge is -2.10. The van der Waals surface area contributed by atoms with Crippen LogP contribution in [0.15, 0.2) is 0 Å². The summed E-state index contributed by atoms with van der Waals surface area (Å²) >= 11 is 0. The number of nitrogens with one attached hydrogen (secondary N) is 1. The van der Waals surface area contributed by atoms with E-state index >= 15 is 0 Å². The fourth-order valence-corrected chi connectivity index (χ4v) is 1.57. The van der Waals surface area contributed by atoms with Crippen LogP contribution in [0.5, 0.6) is 0 Å². The highest BCUT2D eigenvalue weighted by atomic mass is 31.2. The first-order valence-corrected chi connectivity index (χ1v) is 4.97. The van der Waals surface area contributed by atoms with E-state index < -0.39 is 25.3 Å². The van der Waals surface area contributed by atoms with Gasteiger partial charge in [-0.25, -0.2) is 4.57 Å². The Labute approximate surface area is 82.5 Å². The van der Waals surface area contributed by atoms with E-state index in [2.05, 4.69) is 24.0 Å². The molecule has 0 spiro atoms. The molecule has 1 N–H and O–H groups in total. The molecule has 82 valence electrons. The van der Waals surface area contributed by atoms with E-state index in [-0.39, 0.29) is 0 Å². The molecule has 10 heteroatoms. The molecule has 0 bridgehead atoms. The SMILES string of the molecule is COP(=O)(OC=N)c1nc(F)nc(F)n1. The average molecular weight is 238 g/mol. The topological polar surface area (TPSA) is 98.1 Å². The van der Waals surface area contributed by atoms with Gasteiger partial charge in [-0.05, 0) is 0 Å². The zero-order valence-corrected chi connectivity index (χ0v) is 8.24. The highest BCUT2D eigenvalue weighted by Gasteiger charge is 2.32. The quantitative estimate of drug-likeness (QED) is 0.458. The van der Waals surface area contributed by atoms with E-state index in [1.807, 2.05) is 0 Å². The Morgan fingerprint density at radius 3 is 2.27 bits per heavy atom. The van der Waals surface area contributed by atoms with Gasteiger partial charge in [0.25, 0.3) is 5.57 Å². The van der Waals surface area contributed by atoms with E-state index in [1.54, 1.807) is 0 Å². The molecule has 1 atom stereocenters. The van der Waals surface area contributed by atoms with Crippen molar-refractivity contribution in [3.05, 3.63) is 12.2 Å². The average Bonchev–Trinajstić information content (AvgIpc) is 2.16. The van der Waals surface area contributed by atoms with Gasteiger partial charge in [-0.15, -0.1) is 0 Å². The maximum absolute atomic E-state index is 12.5. The molecule has 0 saturated heterocycles. The third kappa shape index (κ3) is 2.51. The molecule has 1 aromatic heterocycles. The molecule has 0 aliphatic heterocycles. The summed E-state index contributed by atoms with van der Waals surface area (Å²) in [5.41, 5.74) is -0.835. The van der Waals surface area contributed by atoms with Crippen molar-refractivity contribution in [1.29, 1.82) is 5.41 Å². The predicted octanol–water partition coefficient (Wildman–Crippen LogP) is 0.238. The first kappa shape index (κ1) is 11.6. The maximum atomic E-state index is 12.5. The second kappa shape index (κ2) is 4.37. The van der Waals surface area contributed by atoms with Gasteiger partial charge in [0.1, 0.15) is 0 Å². The van der Waals surface area contributed by atoms with E-state index in [1.165, 1.54) is 0 Å². The number of halogens is 2. The summed E-state index contributed by atoms with van der Waals surface area (Å²) in [6, 6.07) is 0. The van der Waals surface area contributed by atoms with Crippen LogP contribution < -0.4 is 5.57 Å². The fraction of sp³-hybridized carbons (Fsp3) is 0.200. The van der Waals surface area contributed by atoms with Crippen molar-refractivity contribution in [3.8, 4) is 0 Å². The Kier molecular flexibility index (Phi) is 3.38. The van der Waals surface area contributed by atoms with Gasteiger partial charge in [0, 0.05) is 7.11 Å². The first-order valence-electron chi connectivity index (χ1n) is 3.42. The lowest BCUT2D eigenvalue weighted by Crippen LogP contribution is -2.21. The van der Waals surface area contributed by atoms with Crippen molar-refractivity contribution >= 4 is 19.6 Å². The minimum atomic E-state index is -4.09. The largest absolute Gasteiger partial charge is 0.448 e. The van der Waals surface area contributed by atoms with E-state index in [4.69, 9.17) is 5.41 Å². The van der Waals surface area contributed by atoms with Gasteiger partial charge in [-0.1, -0.05) is 0 Å². The van der Waals surface area contributed by atoms with Gasteiger partial charge < -0.3 is 4.52 Å². The van der Waals surface area contributed by atoms with Gasteiger partial charge in [-0.2, -0.15) is 23.7 Å². The van der Waals surface area contributed by atoms with Crippen LogP contribution in [0.2, 0.25) is 0 Å². The minimum absolute atomic E-state index is 0.296. The van der Waals surface area contributed by atoms with E-state index in [0.717, 1.165) is 7.11 Å². The molecule has 0 fully saturated rings. The molecule has 1 heterocycles. The Balaban J connectivity index is 3.23. The van der Waals surface area contributed by atoms with Crippen LogP contribution in [-0.4, -0.2) is 28.5 Å². The van der Waals surface area contributed by atoms with Gasteiger partial charge in [-0.3, -0.25) is 9.93 Å². The first-order chi connectivity index (χ1) is 7.01. The molecule has 0 amide bonds. The van der Waals surface area contributed by atoms with Crippen LogP contribution in [0.3, 0.4) is 0 Å². The summed E-state index contributed by atoms with van der Waals surface area (Å²) in [7, 11) is -3.13. The normalized spacial score (nSPS) is 14.3. The fourth-order valence-electron chi connectivity index (χ4n) is 0.680. The highest BCUT2D eigenvalue weighted by Crippen LogP contribution is 2.43. The molecule has 0 aliphatic carbocycles. The molecule has 0 radical (unpaired) electrons. The summed E-state index contributed by atoms with van der Waals surface area (Å²) in [5, 5.41) is 6.56. The van der Waals surface area contributed by atoms with E-state index in [0.29, 0.717) is 6.40 Å². The smallest absolute Gasteiger partial charge is 0.408 e. The van der Waals surface area contributed by atoms with Crippen LogP contribution in [0.1, 0.15) is 0 Å². The van der Waals surface area contributed by atoms with Gasteiger partial charge in [0.15, 0.2) is 6.40 Å². The second-order valence-corrected chi connectivity index (χ2v) is 4.05. The zero-order chi connectivity index (χ0) is 11.5. The van der Waals surface area contributed by atoms with Gasteiger partial charge in [0.05, 0.1) is 0 Å². The summed E-state index contributed by atoms with van der Waals surface area (Å²) < 4.78 is 45.3. The lowest BCUT2D eigenvalue weighted by molar-refractivity contribution is 0.329. The third-order valence-corrected chi connectivity index (χ3v) is 2.80. The molecule has 1 rings (SSSR count). The molecular formula is C5H5F2N4O3P. The number of hydrogen-bond donors (Lipinski definition) is 1. The Morgan fingerprint density at radius 2 is 1.87 bits per heavy atom. The molecule has 1 aromatic rings. The molecule has 15 heavy (non-hydrogen) atoms. The molecule has 7 nitrogen and oxygen atoms in total. The summed E-state index contributed by atoms with van der Waals surface area (Å²) in [6.07, 6.45) is -2.61. The monoisotopic (exact) mass is 238 g/mol. The standard InChI is InChI=1S/C5H5F2N4O3P/c1-13-15(12,14-2-8)5-10-3(6)9-4(7)11-5/h2,8H,1H3. The summed E-state index contributed by atoms with van der Waals surface area (Å²) in [6.45, 7) is 0. The Morgan fingerprint density at radius 1 is 1.33 bits per heavy atom. The van der Waals surface area contributed by atoms with Crippen molar-refractivity contribution < 1.29 is 22.4 Å². The Hall–Kier alpha value is -1.47. The van der Waals surface area contributed by atoms with Crippen molar-refractivity contribution in [1.82, 2.24) is 15.0 Å². The van der Waals surface area contributed by atoms with Crippen LogP contribution in [-0.2, 0) is 13.6 Å². The van der Waals surface area contributed by atoms with Crippen molar-refractivity contribution in [3.63, 3.8) is 0 Å². The number of nitrogens with zero attached hydrogens (tertiary/aromatic N) is 3. The third-order valence-electron chi connectivity index (χ3n) is 1.25. The molecule has 0 saturated carbocycles. The van der Waals surface area contributed by atoms with Crippen LogP contribution in [0.4, 0.5) is 8.78 Å². The van der Waals surface area contributed by atoms with Gasteiger partial charge in [0.2, 0.25) is 0 Å². The number of hydrogen-bond acceptors (Lipinski definition) is 7. The maximum Gasteiger partial charge on any atom is 0.448 e. The van der Waals surface area contributed by atoms with Gasteiger partial charge >= 0.3 is 19.8 Å². The predicted molar refractivity (Wildman–Crippen MR) is 43.9 cm³/mol. The Bertz CT molecular complexity index is 408. The van der Waals surface area contributed by atoms with Crippen molar-refractivity contribution in [2.45, 2.75) is 0 Å². The summed E-state index contributed by atoms with van der Waals surface area (Å²) in [5.74, 6) is 0. The summed E-state index contributed by atoms with van der Waals surface area (Å²) in [4.78, 5) is 8.50. The molecule has 0 aromatic carbocycles. The van der Waals surface area contributed by atoms with Crippen molar-refractivity contribution in [2.24, 2.45) is 0 Å². The molecule has 0 aliphatic rings. The number of aromatic nitrogens is 3. The second-order valence-electron chi connectivity index (χ2n) is 2.08. The van der Waals surface area contributed by atoms with Crippen LogP contribution in [0.25, 0.3) is 0 Å². The zero-order valence-electron chi connectivity index (χ0n) is 7.35. The van der Waals surface area contributed by atoms with Crippen molar-refractivity contribution in [2.75, 3.05) is 7.11 Å². The van der Waals surface area contributed by atoms with E-state index in [9.17, 15) is 13.3 Å². The minimum Gasteiger partial charge on any atom is -0.408 e. The number of rotatable bonds is 4. The lowest BCUT2D eigenvalue weighted by atomic mass is 11.0.